The van der Waals surface area contributed by atoms with E-state index < -0.39 is 17.4 Å². The minimum absolute atomic E-state index is 0.104. The number of primary amides is 1. The van der Waals surface area contributed by atoms with Crippen molar-refractivity contribution >= 4 is 17.3 Å². The number of aromatic nitrogens is 4. The molecular formula is C21H18N6O4. The molecule has 1 fully saturated rings. The first-order valence-corrected chi connectivity index (χ1v) is 9.56. The number of carbonyl (C=O) groups excluding carboxylic acids is 2. The number of likely N-dealkylation sites (tertiary alicyclic amines) is 1. The summed E-state index contributed by atoms with van der Waals surface area (Å²) in [7, 11) is 1.63. The first-order valence-electron chi connectivity index (χ1n) is 9.56. The summed E-state index contributed by atoms with van der Waals surface area (Å²) < 4.78 is 6.92. The van der Waals surface area contributed by atoms with Gasteiger partial charge >= 0.3 is 0 Å². The van der Waals surface area contributed by atoms with Crippen LogP contribution in [0.3, 0.4) is 0 Å². The fraction of sp³-hybridized carbons (Fsp3) is 0.190. The van der Waals surface area contributed by atoms with Crippen LogP contribution in [0.2, 0.25) is 0 Å². The molecule has 0 saturated carbocycles. The van der Waals surface area contributed by atoms with Crippen LogP contribution in [-0.4, -0.2) is 54.9 Å². The summed E-state index contributed by atoms with van der Waals surface area (Å²) >= 11 is 0. The quantitative estimate of drug-likeness (QED) is 0.507. The Bertz CT molecular complexity index is 1340. The molecule has 4 heterocycles. The summed E-state index contributed by atoms with van der Waals surface area (Å²) in [5, 5.41) is 14.8. The number of benzene rings is 1. The second kappa shape index (κ2) is 6.74. The van der Waals surface area contributed by atoms with Crippen LogP contribution in [0.4, 0.5) is 0 Å². The summed E-state index contributed by atoms with van der Waals surface area (Å²) in [6, 6.07) is 8.87. The van der Waals surface area contributed by atoms with Gasteiger partial charge in [-0.15, -0.1) is 0 Å². The fourth-order valence-corrected chi connectivity index (χ4v) is 3.84. The molecule has 0 unspecified atom stereocenters. The number of hydrogen-bond donors (Lipinski definition) is 2. The predicted octanol–water partition coefficient (Wildman–Crippen LogP) is 1.20. The Labute approximate surface area is 175 Å². The largest absolute Gasteiger partial charge is 0.373 e. The molecule has 4 aromatic rings. The molecule has 1 aliphatic rings. The van der Waals surface area contributed by atoms with E-state index in [0.29, 0.717) is 29.0 Å². The Kier molecular flexibility index (Phi) is 4.12. The highest BCUT2D eigenvalue weighted by Gasteiger charge is 2.48. The van der Waals surface area contributed by atoms with Crippen molar-refractivity contribution in [1.29, 1.82) is 0 Å². The molecule has 0 spiro atoms. The zero-order valence-electron chi connectivity index (χ0n) is 16.5. The minimum atomic E-state index is -1.71. The Morgan fingerprint density at radius 1 is 1.29 bits per heavy atom. The third-order valence-corrected chi connectivity index (χ3v) is 5.53. The molecule has 2 amide bonds. The molecule has 3 N–H and O–H groups in total. The van der Waals surface area contributed by atoms with E-state index >= 15 is 0 Å². The summed E-state index contributed by atoms with van der Waals surface area (Å²) in [6.45, 7) is 0.435. The van der Waals surface area contributed by atoms with Gasteiger partial charge in [0.15, 0.2) is 5.76 Å². The van der Waals surface area contributed by atoms with Crippen molar-refractivity contribution in [2.45, 2.75) is 12.0 Å². The summed E-state index contributed by atoms with van der Waals surface area (Å²) in [5.74, 6) is -0.855. The monoisotopic (exact) mass is 418 g/mol. The first kappa shape index (κ1) is 18.9. The van der Waals surface area contributed by atoms with Crippen LogP contribution >= 0.6 is 0 Å². The number of hydrogen-bond acceptors (Lipinski definition) is 7. The van der Waals surface area contributed by atoms with E-state index in [1.165, 1.54) is 4.90 Å². The highest BCUT2D eigenvalue weighted by atomic mass is 16.5. The molecule has 1 saturated heterocycles. The van der Waals surface area contributed by atoms with Gasteiger partial charge in [-0.25, -0.2) is 4.98 Å². The number of aliphatic hydroxyl groups is 1. The van der Waals surface area contributed by atoms with Crippen molar-refractivity contribution < 1.29 is 19.2 Å². The minimum Gasteiger partial charge on any atom is -0.373 e. The van der Waals surface area contributed by atoms with Crippen molar-refractivity contribution in [1.82, 2.24) is 24.4 Å². The van der Waals surface area contributed by atoms with E-state index in [0.717, 1.165) is 5.56 Å². The standard InChI is InChI=1S/C21H18N6O4/c1-26-7-5-21(30,20(26)29)16-10-14(25-31-16)12-3-2-4-13(9-12)17-15-11-23-6-8-27(15)19(24-17)18(22)28/h2-4,6,8-11,30H,5,7H2,1H3,(H2,22,28)/t21-/m1/s1. The van der Waals surface area contributed by atoms with Crippen LogP contribution in [0.25, 0.3) is 28.0 Å². The predicted molar refractivity (Wildman–Crippen MR) is 109 cm³/mol. The number of carbonyl (C=O) groups is 2. The van der Waals surface area contributed by atoms with E-state index in [1.807, 2.05) is 24.3 Å². The maximum atomic E-state index is 12.3. The van der Waals surface area contributed by atoms with Gasteiger partial charge in [0.1, 0.15) is 5.69 Å². The Morgan fingerprint density at radius 3 is 2.84 bits per heavy atom. The fourth-order valence-electron chi connectivity index (χ4n) is 3.84. The lowest BCUT2D eigenvalue weighted by Gasteiger charge is -2.16. The van der Waals surface area contributed by atoms with Gasteiger partial charge in [-0.1, -0.05) is 23.4 Å². The molecule has 31 heavy (non-hydrogen) atoms. The zero-order valence-corrected chi connectivity index (χ0v) is 16.5. The van der Waals surface area contributed by atoms with Crippen LogP contribution in [0.1, 0.15) is 22.8 Å². The first-order chi connectivity index (χ1) is 14.9. The molecular weight excluding hydrogens is 400 g/mol. The molecule has 3 aromatic heterocycles. The average molecular weight is 418 g/mol. The van der Waals surface area contributed by atoms with Gasteiger partial charge in [-0.2, -0.15) is 0 Å². The maximum absolute atomic E-state index is 12.3. The van der Waals surface area contributed by atoms with Crippen LogP contribution in [0.5, 0.6) is 0 Å². The summed E-state index contributed by atoms with van der Waals surface area (Å²) in [6.07, 6.45) is 5.01. The normalized spacial score (nSPS) is 18.8. The Hall–Kier alpha value is -4.05. The lowest BCUT2D eigenvalue weighted by Crippen LogP contribution is -2.35. The van der Waals surface area contributed by atoms with Crippen LogP contribution < -0.4 is 5.73 Å². The third kappa shape index (κ3) is 2.88. The number of nitrogens with zero attached hydrogens (tertiary/aromatic N) is 5. The van der Waals surface area contributed by atoms with Crippen molar-refractivity contribution in [3.05, 3.63) is 60.5 Å². The van der Waals surface area contributed by atoms with Crippen molar-refractivity contribution in [2.24, 2.45) is 5.73 Å². The van der Waals surface area contributed by atoms with Gasteiger partial charge in [0, 0.05) is 49.6 Å². The molecule has 1 atom stereocenters. The zero-order chi connectivity index (χ0) is 21.8. The molecule has 1 aromatic carbocycles. The molecule has 0 bridgehead atoms. The highest BCUT2D eigenvalue weighted by molar-refractivity contribution is 5.93. The van der Waals surface area contributed by atoms with Crippen LogP contribution in [0, 0.1) is 0 Å². The van der Waals surface area contributed by atoms with E-state index in [2.05, 4.69) is 15.1 Å². The number of amides is 2. The average Bonchev–Trinajstić information content (AvgIpc) is 3.48. The molecule has 10 nitrogen and oxygen atoms in total. The molecule has 156 valence electrons. The molecule has 10 heteroatoms. The smallest absolute Gasteiger partial charge is 0.285 e. The van der Waals surface area contributed by atoms with Crippen molar-refractivity contribution in [2.75, 3.05) is 13.6 Å². The van der Waals surface area contributed by atoms with Crippen LogP contribution in [0.15, 0.2) is 53.4 Å². The molecule has 0 aliphatic carbocycles. The Balaban J connectivity index is 1.56. The molecule has 5 rings (SSSR count). The van der Waals surface area contributed by atoms with Gasteiger partial charge in [-0.05, 0) is 6.07 Å². The van der Waals surface area contributed by atoms with Gasteiger partial charge < -0.3 is 20.3 Å². The highest BCUT2D eigenvalue weighted by Crippen LogP contribution is 2.35. The second-order valence-electron chi connectivity index (χ2n) is 7.47. The number of rotatable bonds is 4. The lowest BCUT2D eigenvalue weighted by molar-refractivity contribution is -0.144. The number of nitrogens with two attached hydrogens (primary N) is 1. The maximum Gasteiger partial charge on any atom is 0.285 e. The SMILES string of the molecule is CN1CC[C@@](O)(c2cc(-c3cccc(-c4nc(C(N)=O)n5ccncc45)c3)no2)C1=O. The topological polar surface area (TPSA) is 140 Å². The molecule has 0 radical (unpaired) electrons. The van der Waals surface area contributed by atoms with Crippen LogP contribution in [-0.2, 0) is 10.4 Å². The van der Waals surface area contributed by atoms with Crippen molar-refractivity contribution in [3.63, 3.8) is 0 Å². The molecule has 1 aliphatic heterocycles. The number of likely N-dealkylation sites (N-methyl/N-ethyl adjacent to an activating group) is 1. The van der Waals surface area contributed by atoms with Gasteiger partial charge in [0.05, 0.1) is 17.4 Å². The second-order valence-corrected chi connectivity index (χ2v) is 7.47. The summed E-state index contributed by atoms with van der Waals surface area (Å²) in [4.78, 5) is 34.1. The lowest BCUT2D eigenvalue weighted by atomic mass is 9.97. The van der Waals surface area contributed by atoms with E-state index in [4.69, 9.17) is 10.3 Å². The van der Waals surface area contributed by atoms with Gasteiger partial charge in [0.25, 0.3) is 11.8 Å². The Morgan fingerprint density at radius 2 is 2.10 bits per heavy atom. The number of imidazole rings is 1. The summed E-state index contributed by atoms with van der Waals surface area (Å²) in [5.41, 5.74) is 6.80. The van der Waals surface area contributed by atoms with Gasteiger partial charge in [0.2, 0.25) is 11.4 Å². The van der Waals surface area contributed by atoms with E-state index in [-0.39, 0.29) is 18.0 Å². The third-order valence-electron chi connectivity index (χ3n) is 5.53. The van der Waals surface area contributed by atoms with E-state index in [9.17, 15) is 14.7 Å². The van der Waals surface area contributed by atoms with Gasteiger partial charge in [-0.3, -0.25) is 19.0 Å². The van der Waals surface area contributed by atoms with E-state index in [1.54, 1.807) is 36.1 Å². The van der Waals surface area contributed by atoms with Crippen molar-refractivity contribution in [3.8, 4) is 22.5 Å². The number of fused-ring (bicyclic) bond motifs is 1.